The predicted octanol–water partition coefficient (Wildman–Crippen LogP) is 4.44. The number of rotatable bonds is 10. The third kappa shape index (κ3) is 4.14. The van der Waals surface area contributed by atoms with Crippen molar-refractivity contribution in [1.29, 1.82) is 0 Å². The lowest BCUT2D eigenvalue weighted by Gasteiger charge is -2.27. The largest absolute Gasteiger partial charge is 0.507 e. The standard InChI is InChI=1S/C24H31N3O5S/c1-4-11-24(12-5-2)21(28)20(22(29)32-24)19(16-9-10-16)17-7-6-8-18(15-17)27(3)33(30,31)23-25-13-14-26-23/h6-8,13-16,19,28H,4-5,9-12H2,1-3H3,(H,25,26). The van der Waals surface area contributed by atoms with Crippen LogP contribution in [-0.4, -0.2) is 42.1 Å². The molecule has 1 aromatic heterocycles. The van der Waals surface area contributed by atoms with Crippen molar-refractivity contribution in [3.05, 3.63) is 53.6 Å². The van der Waals surface area contributed by atoms with Crippen LogP contribution in [0.25, 0.3) is 0 Å². The van der Waals surface area contributed by atoms with Crippen molar-refractivity contribution in [3.8, 4) is 0 Å². The molecule has 178 valence electrons. The number of carbonyl (C=O) groups excluding carboxylic acids is 1. The molecular formula is C24H31N3O5S. The Morgan fingerprint density at radius 2 is 1.97 bits per heavy atom. The quantitative estimate of drug-likeness (QED) is 0.494. The smallest absolute Gasteiger partial charge is 0.339 e. The highest BCUT2D eigenvalue weighted by Gasteiger charge is 2.51. The fraction of sp³-hybridized carbons (Fsp3) is 0.500. The Morgan fingerprint density at radius 1 is 1.27 bits per heavy atom. The fourth-order valence-electron chi connectivity index (χ4n) is 4.85. The van der Waals surface area contributed by atoms with Gasteiger partial charge in [-0.05, 0) is 49.3 Å². The second kappa shape index (κ2) is 8.85. The van der Waals surface area contributed by atoms with Crippen LogP contribution in [0.4, 0.5) is 5.69 Å². The van der Waals surface area contributed by atoms with Crippen LogP contribution in [0.1, 0.15) is 63.9 Å². The number of sulfonamides is 1. The van der Waals surface area contributed by atoms with Crippen molar-refractivity contribution < 1.29 is 23.1 Å². The molecular weight excluding hydrogens is 442 g/mol. The van der Waals surface area contributed by atoms with Gasteiger partial charge in [-0.1, -0.05) is 38.8 Å². The molecule has 33 heavy (non-hydrogen) atoms. The SMILES string of the molecule is CCCC1(CCC)OC(=O)C(C(c2cccc(N(C)S(=O)(=O)c3ncc[nH]3)c2)C2CC2)=C1O. The van der Waals surface area contributed by atoms with Gasteiger partial charge in [-0.2, -0.15) is 8.42 Å². The van der Waals surface area contributed by atoms with Crippen molar-refractivity contribution in [1.82, 2.24) is 9.97 Å². The lowest BCUT2D eigenvalue weighted by atomic mass is 9.82. The second-order valence-electron chi connectivity index (χ2n) is 8.92. The normalized spacial score (nSPS) is 18.9. The summed E-state index contributed by atoms with van der Waals surface area (Å²) in [5.41, 5.74) is 0.612. The number of esters is 1. The Morgan fingerprint density at radius 3 is 2.55 bits per heavy atom. The van der Waals surface area contributed by atoms with E-state index in [4.69, 9.17) is 4.74 Å². The Kier molecular flexibility index (Phi) is 6.26. The molecule has 1 saturated carbocycles. The van der Waals surface area contributed by atoms with Crippen LogP contribution in [-0.2, 0) is 19.6 Å². The van der Waals surface area contributed by atoms with Crippen LogP contribution in [0.3, 0.4) is 0 Å². The molecule has 2 heterocycles. The predicted molar refractivity (Wildman–Crippen MR) is 124 cm³/mol. The maximum absolute atomic E-state index is 13.1. The van der Waals surface area contributed by atoms with Gasteiger partial charge < -0.3 is 14.8 Å². The first-order chi connectivity index (χ1) is 15.7. The number of benzene rings is 1. The molecule has 2 N–H and O–H groups in total. The number of aromatic amines is 1. The van der Waals surface area contributed by atoms with E-state index in [1.807, 2.05) is 19.9 Å². The summed E-state index contributed by atoms with van der Waals surface area (Å²) in [7, 11) is -2.39. The Balaban J connectivity index is 1.74. The number of H-pyrrole nitrogens is 1. The number of hydrogen-bond acceptors (Lipinski definition) is 6. The van der Waals surface area contributed by atoms with Gasteiger partial charge in [0, 0.05) is 25.4 Å². The molecule has 1 atom stereocenters. The van der Waals surface area contributed by atoms with E-state index in [1.165, 1.54) is 23.7 Å². The number of aliphatic hydroxyl groups is 1. The molecule has 1 fully saturated rings. The Hall–Kier alpha value is -2.81. The molecule has 0 bridgehead atoms. The minimum absolute atomic E-state index is 0.0510. The maximum atomic E-state index is 13.1. The molecule has 0 radical (unpaired) electrons. The van der Waals surface area contributed by atoms with Crippen molar-refractivity contribution in [2.75, 3.05) is 11.4 Å². The summed E-state index contributed by atoms with van der Waals surface area (Å²) in [6.45, 7) is 4.02. The van der Waals surface area contributed by atoms with Gasteiger partial charge in [0.1, 0.15) is 5.76 Å². The lowest BCUT2D eigenvalue weighted by molar-refractivity contribution is -0.149. The molecule has 9 heteroatoms. The van der Waals surface area contributed by atoms with E-state index in [9.17, 15) is 18.3 Å². The minimum atomic E-state index is -3.86. The van der Waals surface area contributed by atoms with Crippen molar-refractivity contribution >= 4 is 21.7 Å². The number of anilines is 1. The zero-order valence-corrected chi connectivity index (χ0v) is 20.1. The van der Waals surface area contributed by atoms with Crippen molar-refractivity contribution in [3.63, 3.8) is 0 Å². The number of cyclic esters (lactones) is 1. The number of aromatic nitrogens is 2. The highest BCUT2D eigenvalue weighted by atomic mass is 32.2. The molecule has 0 spiro atoms. The zero-order chi connectivity index (χ0) is 23.8. The van der Waals surface area contributed by atoms with E-state index in [0.717, 1.165) is 31.2 Å². The van der Waals surface area contributed by atoms with Gasteiger partial charge in [-0.25, -0.2) is 9.78 Å². The summed E-state index contributed by atoms with van der Waals surface area (Å²) in [4.78, 5) is 19.6. The molecule has 1 aliphatic carbocycles. The number of nitrogens with zero attached hydrogens (tertiary/aromatic N) is 2. The number of ether oxygens (including phenoxy) is 1. The highest BCUT2D eigenvalue weighted by molar-refractivity contribution is 7.92. The van der Waals surface area contributed by atoms with E-state index < -0.39 is 21.6 Å². The number of hydrogen-bond donors (Lipinski definition) is 2. The van der Waals surface area contributed by atoms with Gasteiger partial charge in [0.2, 0.25) is 5.16 Å². The van der Waals surface area contributed by atoms with Crippen LogP contribution < -0.4 is 4.31 Å². The summed E-state index contributed by atoms with van der Waals surface area (Å²) in [5, 5.41) is 11.1. The molecule has 1 aliphatic heterocycles. The van der Waals surface area contributed by atoms with Crippen molar-refractivity contribution in [2.24, 2.45) is 5.92 Å². The van der Waals surface area contributed by atoms with E-state index in [1.54, 1.807) is 18.2 Å². The number of aliphatic hydroxyl groups excluding tert-OH is 1. The van der Waals surface area contributed by atoms with Gasteiger partial charge in [-0.15, -0.1) is 0 Å². The Labute approximate surface area is 194 Å². The number of carbonyl (C=O) groups is 1. The fourth-order valence-corrected chi connectivity index (χ4v) is 5.91. The minimum Gasteiger partial charge on any atom is -0.507 e. The summed E-state index contributed by atoms with van der Waals surface area (Å²) in [6, 6.07) is 7.13. The van der Waals surface area contributed by atoms with E-state index in [2.05, 4.69) is 9.97 Å². The average Bonchev–Trinajstić information content (AvgIpc) is 3.39. The van der Waals surface area contributed by atoms with Gasteiger partial charge in [0.15, 0.2) is 5.60 Å². The first-order valence-electron chi connectivity index (χ1n) is 11.5. The van der Waals surface area contributed by atoms with Gasteiger partial charge in [0.25, 0.3) is 10.0 Å². The molecule has 2 aromatic rings. The van der Waals surface area contributed by atoms with Crippen LogP contribution in [0.5, 0.6) is 0 Å². The van der Waals surface area contributed by atoms with Gasteiger partial charge in [0.05, 0.1) is 11.3 Å². The third-order valence-corrected chi connectivity index (χ3v) is 8.22. The van der Waals surface area contributed by atoms with E-state index in [-0.39, 0.29) is 22.8 Å². The summed E-state index contributed by atoms with van der Waals surface area (Å²) >= 11 is 0. The molecule has 2 aliphatic rings. The van der Waals surface area contributed by atoms with Crippen LogP contribution in [0.15, 0.2) is 53.1 Å². The van der Waals surface area contributed by atoms with Gasteiger partial charge >= 0.3 is 5.97 Å². The molecule has 0 amide bonds. The van der Waals surface area contributed by atoms with E-state index >= 15 is 0 Å². The maximum Gasteiger partial charge on any atom is 0.339 e. The first kappa shape index (κ1) is 23.4. The second-order valence-corrected chi connectivity index (χ2v) is 10.8. The van der Waals surface area contributed by atoms with Crippen LogP contribution in [0.2, 0.25) is 0 Å². The molecule has 1 aromatic carbocycles. The molecule has 0 saturated heterocycles. The van der Waals surface area contributed by atoms with E-state index in [0.29, 0.717) is 24.1 Å². The number of imidazole rings is 1. The van der Waals surface area contributed by atoms with Gasteiger partial charge in [-0.3, -0.25) is 4.31 Å². The lowest BCUT2D eigenvalue weighted by Crippen LogP contribution is -2.31. The summed E-state index contributed by atoms with van der Waals surface area (Å²) < 4.78 is 32.8. The summed E-state index contributed by atoms with van der Waals surface area (Å²) in [5.74, 6) is -0.549. The Bertz CT molecular complexity index is 1150. The monoisotopic (exact) mass is 473 g/mol. The highest BCUT2D eigenvalue weighted by Crippen LogP contribution is 2.52. The summed E-state index contributed by atoms with van der Waals surface area (Å²) in [6.07, 6.45) is 7.43. The topological polar surface area (TPSA) is 113 Å². The average molecular weight is 474 g/mol. The molecule has 1 unspecified atom stereocenters. The van der Waals surface area contributed by atoms with Crippen molar-refractivity contribution in [2.45, 2.75) is 69.0 Å². The zero-order valence-electron chi connectivity index (χ0n) is 19.2. The molecule has 8 nitrogen and oxygen atoms in total. The van der Waals surface area contributed by atoms with Crippen LogP contribution in [0, 0.1) is 5.92 Å². The first-order valence-corrected chi connectivity index (χ1v) is 12.9. The third-order valence-electron chi connectivity index (χ3n) is 6.58. The molecule has 4 rings (SSSR count). The number of nitrogens with one attached hydrogen (secondary N) is 1. The van der Waals surface area contributed by atoms with Crippen LogP contribution >= 0.6 is 0 Å².